The van der Waals surface area contributed by atoms with Crippen LogP contribution < -0.4 is 0 Å². The molecule has 3 aromatic heterocycles. The van der Waals surface area contributed by atoms with Gasteiger partial charge in [0.15, 0.2) is 5.65 Å². The number of aryl methyl sites for hydroxylation is 1. The molecule has 1 aliphatic rings. The molecular formula is C18H22N4O. The first kappa shape index (κ1) is 14.5. The molecule has 4 rings (SSSR count). The summed E-state index contributed by atoms with van der Waals surface area (Å²) >= 11 is 0. The number of nitrogens with zero attached hydrogens (tertiary/aromatic N) is 4. The maximum absolute atomic E-state index is 5.86. The number of hydrogen-bond acceptors (Lipinski definition) is 4. The van der Waals surface area contributed by atoms with Crippen molar-refractivity contribution in [3.63, 3.8) is 0 Å². The standard InChI is InChI=1S/C18H22N4O/c1-3-21-10-8-14(12-21)11-16-20-15-5-4-9-19-18(15)22(16)17-7-6-13(2)23-17/h4-7,9,14H,3,8,10-12H2,1-2H3. The third-order valence-electron chi connectivity index (χ3n) is 4.72. The van der Waals surface area contributed by atoms with E-state index < -0.39 is 0 Å². The number of rotatable bonds is 4. The van der Waals surface area contributed by atoms with Crippen LogP contribution in [0, 0.1) is 12.8 Å². The molecule has 5 nitrogen and oxygen atoms in total. The Hall–Kier alpha value is -2.14. The van der Waals surface area contributed by atoms with Crippen LogP contribution in [0.1, 0.15) is 24.9 Å². The molecule has 1 fully saturated rings. The highest BCUT2D eigenvalue weighted by Crippen LogP contribution is 2.26. The topological polar surface area (TPSA) is 47.1 Å². The van der Waals surface area contributed by atoms with E-state index in [-0.39, 0.29) is 0 Å². The van der Waals surface area contributed by atoms with Crippen LogP contribution in [0.3, 0.4) is 0 Å². The predicted molar refractivity (Wildman–Crippen MR) is 89.8 cm³/mol. The Balaban J connectivity index is 1.74. The monoisotopic (exact) mass is 310 g/mol. The number of imidazole rings is 1. The molecule has 0 radical (unpaired) electrons. The van der Waals surface area contributed by atoms with Crippen LogP contribution in [0.2, 0.25) is 0 Å². The van der Waals surface area contributed by atoms with E-state index in [9.17, 15) is 0 Å². The number of fused-ring (bicyclic) bond motifs is 1. The minimum Gasteiger partial charge on any atom is -0.445 e. The van der Waals surface area contributed by atoms with Gasteiger partial charge < -0.3 is 9.32 Å². The smallest absolute Gasteiger partial charge is 0.206 e. The zero-order valence-electron chi connectivity index (χ0n) is 13.7. The third-order valence-corrected chi connectivity index (χ3v) is 4.72. The molecule has 0 saturated carbocycles. The van der Waals surface area contributed by atoms with E-state index in [2.05, 4.69) is 21.4 Å². The largest absolute Gasteiger partial charge is 0.445 e. The lowest BCUT2D eigenvalue weighted by Gasteiger charge is -2.13. The van der Waals surface area contributed by atoms with Crippen LogP contribution in [0.5, 0.6) is 0 Å². The SMILES string of the molecule is CCN1CCC(Cc2nc3cccnc3n2-c2ccc(C)o2)C1. The minimum absolute atomic E-state index is 0.654. The molecule has 5 heteroatoms. The van der Waals surface area contributed by atoms with Crippen LogP contribution in [-0.2, 0) is 6.42 Å². The van der Waals surface area contributed by atoms with Gasteiger partial charge in [-0.25, -0.2) is 14.5 Å². The zero-order valence-corrected chi connectivity index (χ0v) is 13.7. The molecule has 0 N–H and O–H groups in total. The van der Waals surface area contributed by atoms with Gasteiger partial charge in [-0.1, -0.05) is 6.92 Å². The highest BCUT2D eigenvalue weighted by atomic mass is 16.4. The van der Waals surface area contributed by atoms with Gasteiger partial charge in [-0.05, 0) is 50.6 Å². The Morgan fingerprint density at radius 1 is 1.30 bits per heavy atom. The molecule has 23 heavy (non-hydrogen) atoms. The van der Waals surface area contributed by atoms with E-state index in [0.717, 1.165) is 48.1 Å². The molecule has 1 aliphatic heterocycles. The van der Waals surface area contributed by atoms with Crippen molar-refractivity contribution >= 4 is 11.2 Å². The summed E-state index contributed by atoms with van der Waals surface area (Å²) in [7, 11) is 0. The van der Waals surface area contributed by atoms with Crippen LogP contribution in [0.25, 0.3) is 17.0 Å². The van der Waals surface area contributed by atoms with Gasteiger partial charge in [0.05, 0.1) is 0 Å². The van der Waals surface area contributed by atoms with Gasteiger partial charge in [0, 0.05) is 25.2 Å². The molecule has 3 aromatic rings. The number of aromatic nitrogens is 3. The van der Waals surface area contributed by atoms with Crippen molar-refractivity contribution in [1.82, 2.24) is 19.4 Å². The van der Waals surface area contributed by atoms with E-state index in [1.165, 1.54) is 13.0 Å². The van der Waals surface area contributed by atoms with E-state index in [1.807, 2.05) is 37.4 Å². The predicted octanol–water partition coefficient (Wildman–Crippen LogP) is 3.21. The van der Waals surface area contributed by atoms with Gasteiger partial charge in [-0.15, -0.1) is 0 Å². The fraction of sp³-hybridized carbons (Fsp3) is 0.444. The van der Waals surface area contributed by atoms with Gasteiger partial charge >= 0.3 is 0 Å². The first-order valence-corrected chi connectivity index (χ1v) is 8.36. The highest BCUT2D eigenvalue weighted by Gasteiger charge is 2.25. The average Bonchev–Trinajstić information content (AvgIpc) is 3.25. The molecule has 1 saturated heterocycles. The molecule has 0 aliphatic carbocycles. The van der Waals surface area contributed by atoms with E-state index >= 15 is 0 Å². The molecule has 0 bridgehead atoms. The van der Waals surface area contributed by atoms with Crippen LogP contribution >= 0.6 is 0 Å². The van der Waals surface area contributed by atoms with Gasteiger partial charge in [0.25, 0.3) is 0 Å². The highest BCUT2D eigenvalue weighted by molar-refractivity contribution is 5.73. The Morgan fingerprint density at radius 2 is 2.22 bits per heavy atom. The van der Waals surface area contributed by atoms with Gasteiger partial charge in [0.2, 0.25) is 5.88 Å². The quantitative estimate of drug-likeness (QED) is 0.742. The molecule has 120 valence electrons. The lowest BCUT2D eigenvalue weighted by molar-refractivity contribution is 0.340. The second-order valence-corrected chi connectivity index (χ2v) is 6.35. The number of furan rings is 1. The van der Waals surface area contributed by atoms with Crippen LogP contribution in [-0.4, -0.2) is 39.1 Å². The Bertz CT molecular complexity index is 819. The van der Waals surface area contributed by atoms with Gasteiger partial charge in [-0.2, -0.15) is 0 Å². The summed E-state index contributed by atoms with van der Waals surface area (Å²) in [6.07, 6.45) is 4.02. The number of likely N-dealkylation sites (tertiary alicyclic amines) is 1. The number of hydrogen-bond donors (Lipinski definition) is 0. The third kappa shape index (κ3) is 2.65. The first-order valence-electron chi connectivity index (χ1n) is 8.36. The average molecular weight is 310 g/mol. The fourth-order valence-corrected chi connectivity index (χ4v) is 3.49. The van der Waals surface area contributed by atoms with Crippen molar-refractivity contribution in [2.45, 2.75) is 26.7 Å². The summed E-state index contributed by atoms with van der Waals surface area (Å²) in [6.45, 7) is 7.68. The van der Waals surface area contributed by atoms with E-state index in [0.29, 0.717) is 5.92 Å². The lowest BCUT2D eigenvalue weighted by Crippen LogP contribution is -2.20. The van der Waals surface area contributed by atoms with Crippen molar-refractivity contribution < 1.29 is 4.42 Å². The summed E-state index contributed by atoms with van der Waals surface area (Å²) in [5.74, 6) is 3.42. The lowest BCUT2D eigenvalue weighted by atomic mass is 10.0. The number of pyridine rings is 1. The second kappa shape index (κ2) is 5.81. The Kier molecular flexibility index (Phi) is 3.65. The molecular weight excluding hydrogens is 288 g/mol. The molecule has 0 aromatic carbocycles. The summed E-state index contributed by atoms with van der Waals surface area (Å²) < 4.78 is 7.94. The van der Waals surface area contributed by atoms with E-state index in [4.69, 9.17) is 9.40 Å². The summed E-state index contributed by atoms with van der Waals surface area (Å²) in [4.78, 5) is 11.9. The zero-order chi connectivity index (χ0) is 15.8. The van der Waals surface area contributed by atoms with Crippen molar-refractivity contribution in [1.29, 1.82) is 0 Å². The van der Waals surface area contributed by atoms with Gasteiger partial charge in [-0.3, -0.25) is 0 Å². The second-order valence-electron chi connectivity index (χ2n) is 6.35. The van der Waals surface area contributed by atoms with Gasteiger partial charge in [0.1, 0.15) is 17.1 Å². The van der Waals surface area contributed by atoms with Crippen molar-refractivity contribution in [3.8, 4) is 5.88 Å². The molecule has 0 spiro atoms. The maximum atomic E-state index is 5.86. The van der Waals surface area contributed by atoms with Crippen molar-refractivity contribution in [2.24, 2.45) is 5.92 Å². The normalized spacial score (nSPS) is 19.0. The van der Waals surface area contributed by atoms with Crippen molar-refractivity contribution in [3.05, 3.63) is 42.0 Å². The van der Waals surface area contributed by atoms with Crippen LogP contribution in [0.4, 0.5) is 0 Å². The molecule has 0 amide bonds. The minimum atomic E-state index is 0.654. The first-order chi connectivity index (χ1) is 11.2. The Labute approximate surface area is 135 Å². The molecule has 1 atom stereocenters. The Morgan fingerprint density at radius 3 is 2.96 bits per heavy atom. The summed E-state index contributed by atoms with van der Waals surface area (Å²) in [5, 5.41) is 0. The van der Waals surface area contributed by atoms with E-state index in [1.54, 1.807) is 0 Å². The van der Waals surface area contributed by atoms with Crippen molar-refractivity contribution in [2.75, 3.05) is 19.6 Å². The molecule has 4 heterocycles. The summed E-state index contributed by atoms with van der Waals surface area (Å²) in [5.41, 5.74) is 1.81. The summed E-state index contributed by atoms with van der Waals surface area (Å²) in [6, 6.07) is 7.94. The maximum Gasteiger partial charge on any atom is 0.206 e. The molecule has 1 unspecified atom stereocenters. The van der Waals surface area contributed by atoms with Crippen LogP contribution in [0.15, 0.2) is 34.9 Å². The fourth-order valence-electron chi connectivity index (χ4n) is 3.49.